The molecule has 2 aromatic rings. The highest BCUT2D eigenvalue weighted by Crippen LogP contribution is 2.40. The highest BCUT2D eigenvalue weighted by molar-refractivity contribution is 6.46. The van der Waals surface area contributed by atoms with Crippen LogP contribution in [0.15, 0.2) is 54.1 Å². The summed E-state index contributed by atoms with van der Waals surface area (Å²) in [6.45, 7) is 7.02. The number of hydrogen-bond acceptors (Lipinski definition) is 6. The smallest absolute Gasteiger partial charge is 0.295 e. The number of ketones is 1. The third-order valence-electron chi connectivity index (χ3n) is 5.27. The summed E-state index contributed by atoms with van der Waals surface area (Å²) in [7, 11) is 1.59. The number of amides is 1. The first kappa shape index (κ1) is 24.3. The van der Waals surface area contributed by atoms with Gasteiger partial charge in [0, 0.05) is 25.8 Å². The topological polar surface area (TPSA) is 85.3 Å². The lowest BCUT2D eigenvalue weighted by Gasteiger charge is -2.25. The van der Waals surface area contributed by atoms with E-state index in [-0.39, 0.29) is 17.4 Å². The molecule has 7 nitrogen and oxygen atoms in total. The van der Waals surface area contributed by atoms with Crippen LogP contribution in [0.1, 0.15) is 44.4 Å². The average molecular weight is 454 g/mol. The van der Waals surface area contributed by atoms with E-state index < -0.39 is 17.7 Å². The Hall–Kier alpha value is -3.32. The molecule has 7 heteroatoms. The van der Waals surface area contributed by atoms with Crippen LogP contribution in [0.3, 0.4) is 0 Å². The van der Waals surface area contributed by atoms with E-state index in [4.69, 9.17) is 14.2 Å². The SMILES string of the molecule is CCOc1ccc(C2/C(=C(/O)c3cccc(OC(C)C)c3)C(=O)C(=O)N2CCCOC)cc1. The molecule has 33 heavy (non-hydrogen) atoms. The number of benzene rings is 2. The monoisotopic (exact) mass is 453 g/mol. The molecule has 1 saturated heterocycles. The molecule has 2 aromatic carbocycles. The van der Waals surface area contributed by atoms with Gasteiger partial charge in [-0.05, 0) is 57.0 Å². The van der Waals surface area contributed by atoms with Crippen LogP contribution in [0.2, 0.25) is 0 Å². The molecule has 1 aliphatic rings. The van der Waals surface area contributed by atoms with Gasteiger partial charge in [-0.15, -0.1) is 0 Å². The second-order valence-corrected chi connectivity index (χ2v) is 8.04. The number of hydrogen-bond donors (Lipinski definition) is 1. The molecule has 0 radical (unpaired) electrons. The number of likely N-dealkylation sites (tertiary alicyclic amines) is 1. The fourth-order valence-corrected chi connectivity index (χ4v) is 3.89. The first-order valence-electron chi connectivity index (χ1n) is 11.1. The maximum absolute atomic E-state index is 13.1. The minimum Gasteiger partial charge on any atom is -0.507 e. The Morgan fingerprint density at radius 2 is 1.82 bits per heavy atom. The number of Topliss-reactive ketones (excluding diaryl/α,β-unsaturated/α-hetero) is 1. The van der Waals surface area contributed by atoms with Crippen molar-refractivity contribution in [1.82, 2.24) is 4.90 Å². The fourth-order valence-electron chi connectivity index (χ4n) is 3.89. The van der Waals surface area contributed by atoms with Gasteiger partial charge in [0.05, 0.1) is 24.3 Å². The van der Waals surface area contributed by atoms with Crippen molar-refractivity contribution in [3.05, 3.63) is 65.2 Å². The zero-order valence-corrected chi connectivity index (χ0v) is 19.5. The van der Waals surface area contributed by atoms with E-state index in [1.165, 1.54) is 4.90 Å². The quantitative estimate of drug-likeness (QED) is 0.249. The molecule has 0 saturated carbocycles. The Labute approximate surface area is 194 Å². The van der Waals surface area contributed by atoms with E-state index in [1.807, 2.05) is 32.9 Å². The van der Waals surface area contributed by atoms with Crippen molar-refractivity contribution in [2.75, 3.05) is 26.9 Å². The molecule has 1 unspecified atom stereocenters. The number of carbonyl (C=O) groups is 2. The Morgan fingerprint density at radius 1 is 1.09 bits per heavy atom. The van der Waals surface area contributed by atoms with E-state index in [2.05, 4.69) is 0 Å². The molecule has 0 aliphatic carbocycles. The minimum absolute atomic E-state index is 0.0439. The lowest BCUT2D eigenvalue weighted by atomic mass is 9.95. The van der Waals surface area contributed by atoms with Crippen LogP contribution < -0.4 is 9.47 Å². The van der Waals surface area contributed by atoms with Crippen LogP contribution in [0.25, 0.3) is 5.76 Å². The zero-order valence-electron chi connectivity index (χ0n) is 19.5. The number of aliphatic hydroxyl groups excluding tert-OH is 1. The van der Waals surface area contributed by atoms with Gasteiger partial charge >= 0.3 is 0 Å². The lowest BCUT2D eigenvalue weighted by Crippen LogP contribution is -2.31. The normalized spacial score (nSPS) is 17.6. The molecule has 0 spiro atoms. The molecular formula is C26H31NO6. The average Bonchev–Trinajstić information content (AvgIpc) is 3.04. The van der Waals surface area contributed by atoms with Crippen molar-refractivity contribution in [3.63, 3.8) is 0 Å². The molecule has 1 N–H and O–H groups in total. The number of methoxy groups -OCH3 is 1. The Bertz CT molecular complexity index is 1010. The standard InChI is InChI=1S/C26H31NO6/c1-5-32-20-12-10-18(11-13-20)23-22(25(29)26(30)27(23)14-7-15-31-4)24(28)19-8-6-9-21(16-19)33-17(2)3/h6,8-13,16-17,23,28H,5,7,14-15H2,1-4H3/b24-22-. The molecular weight excluding hydrogens is 422 g/mol. The van der Waals surface area contributed by atoms with Crippen LogP contribution >= 0.6 is 0 Å². The summed E-state index contributed by atoms with van der Waals surface area (Å²) < 4.78 is 16.4. The van der Waals surface area contributed by atoms with E-state index in [0.29, 0.717) is 48.8 Å². The summed E-state index contributed by atoms with van der Waals surface area (Å²) in [6.07, 6.45) is 0.520. The Balaban J connectivity index is 2.07. The summed E-state index contributed by atoms with van der Waals surface area (Å²) in [5, 5.41) is 11.2. The molecule has 1 aliphatic heterocycles. The van der Waals surface area contributed by atoms with E-state index in [9.17, 15) is 14.7 Å². The molecule has 0 bridgehead atoms. The maximum Gasteiger partial charge on any atom is 0.295 e. The van der Waals surface area contributed by atoms with Gasteiger partial charge in [0.2, 0.25) is 0 Å². The summed E-state index contributed by atoms with van der Waals surface area (Å²) >= 11 is 0. The van der Waals surface area contributed by atoms with Gasteiger partial charge < -0.3 is 24.2 Å². The Kier molecular flexibility index (Phi) is 8.11. The predicted octanol–water partition coefficient (Wildman–Crippen LogP) is 4.33. The van der Waals surface area contributed by atoms with E-state index in [0.717, 1.165) is 0 Å². The fraction of sp³-hybridized carbons (Fsp3) is 0.385. The van der Waals surface area contributed by atoms with Crippen molar-refractivity contribution in [2.24, 2.45) is 0 Å². The molecule has 1 heterocycles. The number of carbonyl (C=O) groups excluding carboxylic acids is 2. The van der Waals surface area contributed by atoms with Gasteiger partial charge in [0.25, 0.3) is 11.7 Å². The Morgan fingerprint density at radius 3 is 2.45 bits per heavy atom. The summed E-state index contributed by atoms with van der Waals surface area (Å²) in [5.41, 5.74) is 1.19. The minimum atomic E-state index is -0.716. The van der Waals surface area contributed by atoms with Crippen LogP contribution in [-0.4, -0.2) is 54.7 Å². The van der Waals surface area contributed by atoms with Crippen molar-refractivity contribution >= 4 is 17.4 Å². The summed E-state index contributed by atoms with van der Waals surface area (Å²) in [4.78, 5) is 27.5. The molecule has 1 atom stereocenters. The molecule has 176 valence electrons. The third-order valence-corrected chi connectivity index (χ3v) is 5.27. The van der Waals surface area contributed by atoms with Crippen LogP contribution in [0.4, 0.5) is 0 Å². The van der Waals surface area contributed by atoms with Gasteiger partial charge in [-0.3, -0.25) is 9.59 Å². The third kappa shape index (κ3) is 5.54. The van der Waals surface area contributed by atoms with Gasteiger partial charge in [-0.2, -0.15) is 0 Å². The van der Waals surface area contributed by atoms with Gasteiger partial charge in [0.15, 0.2) is 0 Å². The highest BCUT2D eigenvalue weighted by Gasteiger charge is 2.45. The van der Waals surface area contributed by atoms with E-state index >= 15 is 0 Å². The molecule has 1 fully saturated rings. The van der Waals surface area contributed by atoms with E-state index in [1.54, 1.807) is 43.5 Å². The van der Waals surface area contributed by atoms with Crippen molar-refractivity contribution in [2.45, 2.75) is 39.3 Å². The molecule has 0 aromatic heterocycles. The lowest BCUT2D eigenvalue weighted by molar-refractivity contribution is -0.140. The zero-order chi connectivity index (χ0) is 24.0. The first-order valence-corrected chi connectivity index (χ1v) is 11.1. The first-order chi connectivity index (χ1) is 15.9. The molecule has 1 amide bonds. The number of rotatable bonds is 10. The van der Waals surface area contributed by atoms with Crippen LogP contribution in [0, 0.1) is 0 Å². The maximum atomic E-state index is 13.1. The molecule has 3 rings (SSSR count). The second-order valence-electron chi connectivity index (χ2n) is 8.04. The predicted molar refractivity (Wildman–Crippen MR) is 125 cm³/mol. The largest absolute Gasteiger partial charge is 0.507 e. The number of aliphatic hydroxyl groups is 1. The highest BCUT2D eigenvalue weighted by atomic mass is 16.5. The van der Waals surface area contributed by atoms with Crippen LogP contribution in [0.5, 0.6) is 11.5 Å². The number of ether oxygens (including phenoxy) is 3. The number of nitrogens with zero attached hydrogens (tertiary/aromatic N) is 1. The van der Waals surface area contributed by atoms with Gasteiger partial charge in [0.1, 0.15) is 17.3 Å². The van der Waals surface area contributed by atoms with Gasteiger partial charge in [-0.1, -0.05) is 24.3 Å². The second kappa shape index (κ2) is 11.0. The van der Waals surface area contributed by atoms with Crippen molar-refractivity contribution in [3.8, 4) is 11.5 Å². The van der Waals surface area contributed by atoms with Crippen LogP contribution in [-0.2, 0) is 14.3 Å². The summed E-state index contributed by atoms with van der Waals surface area (Å²) in [5.74, 6) is -0.312. The summed E-state index contributed by atoms with van der Waals surface area (Å²) in [6, 6.07) is 13.4. The van der Waals surface area contributed by atoms with Crippen molar-refractivity contribution in [1.29, 1.82) is 0 Å². The van der Waals surface area contributed by atoms with Crippen molar-refractivity contribution < 1.29 is 28.9 Å². The van der Waals surface area contributed by atoms with Gasteiger partial charge in [-0.25, -0.2) is 0 Å².